The third-order valence-corrected chi connectivity index (χ3v) is 1.80. The molecule has 0 heterocycles. The number of hydrogen-bond acceptors (Lipinski definition) is 3. The quantitative estimate of drug-likeness (QED) is 0.567. The highest BCUT2D eigenvalue weighted by Gasteiger charge is 1.99. The summed E-state index contributed by atoms with van der Waals surface area (Å²) in [6, 6.07) is 0. The fourth-order valence-electron chi connectivity index (χ4n) is 0.412. The molecule has 2 nitrogen and oxygen atoms in total. The molecule has 1 atom stereocenters. The fraction of sp³-hybridized carbons (Fsp3) is 0.833. The molecule has 0 rings (SSSR count). The Morgan fingerprint density at radius 2 is 2.33 bits per heavy atom. The van der Waals surface area contributed by atoms with Gasteiger partial charge in [-0.25, -0.2) is 0 Å². The minimum Gasteiger partial charge on any atom is -0.550 e. The van der Waals surface area contributed by atoms with Crippen LogP contribution in [0.1, 0.15) is 13.3 Å². The standard InChI is InChI=1S/C6H12O2S/c1-5(6(7)8)3-4-9-2/h5H,3-4H2,1-2H3,(H,7,8)/p-1. The molecule has 9 heavy (non-hydrogen) atoms. The van der Waals surface area contributed by atoms with Crippen molar-refractivity contribution < 1.29 is 9.90 Å². The first-order valence-corrected chi connectivity index (χ1v) is 4.27. The van der Waals surface area contributed by atoms with Gasteiger partial charge in [0.15, 0.2) is 0 Å². The van der Waals surface area contributed by atoms with Crippen LogP contribution in [0.4, 0.5) is 0 Å². The zero-order valence-electron chi connectivity index (χ0n) is 5.72. The van der Waals surface area contributed by atoms with Crippen molar-refractivity contribution in [3.8, 4) is 0 Å². The van der Waals surface area contributed by atoms with Crippen molar-refractivity contribution in [3.63, 3.8) is 0 Å². The molecule has 54 valence electrons. The number of thioether (sulfide) groups is 1. The van der Waals surface area contributed by atoms with Gasteiger partial charge in [-0.1, -0.05) is 6.92 Å². The van der Waals surface area contributed by atoms with E-state index in [0.29, 0.717) is 6.42 Å². The van der Waals surface area contributed by atoms with Crippen LogP contribution < -0.4 is 5.11 Å². The lowest BCUT2D eigenvalue weighted by atomic mass is 10.1. The number of hydrogen-bond donors (Lipinski definition) is 0. The molecule has 0 saturated heterocycles. The van der Waals surface area contributed by atoms with Crippen molar-refractivity contribution in [1.82, 2.24) is 0 Å². The maximum atomic E-state index is 10.1. The molecule has 0 aromatic rings. The van der Waals surface area contributed by atoms with E-state index in [4.69, 9.17) is 0 Å². The van der Waals surface area contributed by atoms with E-state index in [9.17, 15) is 9.90 Å². The second-order valence-electron chi connectivity index (χ2n) is 2.00. The predicted octanol–water partition coefficient (Wildman–Crippen LogP) is 0.125. The Morgan fingerprint density at radius 3 is 2.67 bits per heavy atom. The van der Waals surface area contributed by atoms with E-state index in [0.717, 1.165) is 5.75 Å². The van der Waals surface area contributed by atoms with E-state index >= 15 is 0 Å². The molecular formula is C6H11O2S-. The normalized spacial score (nSPS) is 13.1. The largest absolute Gasteiger partial charge is 0.550 e. The highest BCUT2D eigenvalue weighted by Crippen LogP contribution is 2.04. The van der Waals surface area contributed by atoms with Crippen LogP contribution in [0.15, 0.2) is 0 Å². The van der Waals surface area contributed by atoms with Gasteiger partial charge in [0.25, 0.3) is 0 Å². The maximum absolute atomic E-state index is 10.1. The van der Waals surface area contributed by atoms with Gasteiger partial charge in [-0.2, -0.15) is 11.8 Å². The lowest BCUT2D eigenvalue weighted by Crippen LogP contribution is -2.29. The molecule has 3 heteroatoms. The first-order valence-electron chi connectivity index (χ1n) is 2.88. The van der Waals surface area contributed by atoms with Gasteiger partial charge in [0, 0.05) is 5.97 Å². The Bertz CT molecular complexity index is 93.1. The SMILES string of the molecule is CSCCC(C)C(=O)[O-]. The predicted molar refractivity (Wildman–Crippen MR) is 37.2 cm³/mol. The first-order chi connectivity index (χ1) is 4.18. The highest BCUT2D eigenvalue weighted by molar-refractivity contribution is 7.98. The van der Waals surface area contributed by atoms with Crippen molar-refractivity contribution in [3.05, 3.63) is 0 Å². The summed E-state index contributed by atoms with van der Waals surface area (Å²) in [6.45, 7) is 1.67. The van der Waals surface area contributed by atoms with E-state index in [1.807, 2.05) is 6.26 Å². The first kappa shape index (κ1) is 8.82. The summed E-state index contributed by atoms with van der Waals surface area (Å²) in [6.07, 6.45) is 2.67. The van der Waals surface area contributed by atoms with Gasteiger partial charge < -0.3 is 9.90 Å². The second-order valence-corrected chi connectivity index (χ2v) is 2.99. The molecule has 0 saturated carbocycles. The smallest absolute Gasteiger partial charge is 0.0442 e. The van der Waals surface area contributed by atoms with Crippen LogP contribution in [0.25, 0.3) is 0 Å². The number of carbonyl (C=O) groups excluding carboxylic acids is 1. The van der Waals surface area contributed by atoms with Crippen molar-refractivity contribution in [2.24, 2.45) is 5.92 Å². The molecule has 1 unspecified atom stereocenters. The minimum absolute atomic E-state index is 0.294. The number of carboxylic acids is 1. The zero-order chi connectivity index (χ0) is 7.28. The van der Waals surface area contributed by atoms with E-state index in [2.05, 4.69) is 0 Å². The van der Waals surface area contributed by atoms with Crippen molar-refractivity contribution in [2.45, 2.75) is 13.3 Å². The monoisotopic (exact) mass is 147 g/mol. The summed E-state index contributed by atoms with van der Waals surface area (Å²) >= 11 is 1.66. The molecule has 0 N–H and O–H groups in total. The van der Waals surface area contributed by atoms with E-state index in [-0.39, 0.29) is 5.92 Å². The van der Waals surface area contributed by atoms with E-state index in [1.165, 1.54) is 0 Å². The van der Waals surface area contributed by atoms with Gasteiger partial charge in [-0.15, -0.1) is 0 Å². The van der Waals surface area contributed by atoms with Crippen LogP contribution in [0.3, 0.4) is 0 Å². The van der Waals surface area contributed by atoms with E-state index < -0.39 is 5.97 Å². The Hall–Kier alpha value is -0.180. The topological polar surface area (TPSA) is 40.1 Å². The lowest BCUT2D eigenvalue weighted by molar-refractivity contribution is -0.311. The summed E-state index contributed by atoms with van der Waals surface area (Å²) in [5.41, 5.74) is 0. The molecule has 0 amide bonds. The number of carboxylic acid groups (broad SMARTS) is 1. The van der Waals surface area contributed by atoms with Crippen LogP contribution in [0.2, 0.25) is 0 Å². The van der Waals surface area contributed by atoms with Gasteiger partial charge in [0.2, 0.25) is 0 Å². The fourth-order valence-corrected chi connectivity index (χ4v) is 1.00. The van der Waals surface area contributed by atoms with E-state index in [1.54, 1.807) is 18.7 Å². The number of rotatable bonds is 4. The van der Waals surface area contributed by atoms with Crippen LogP contribution in [-0.4, -0.2) is 18.0 Å². The van der Waals surface area contributed by atoms with Crippen molar-refractivity contribution >= 4 is 17.7 Å². The minimum atomic E-state index is -0.941. The summed E-state index contributed by atoms with van der Waals surface area (Å²) in [5.74, 6) is -0.337. The van der Waals surface area contributed by atoms with Crippen LogP contribution in [0.5, 0.6) is 0 Å². The third-order valence-electron chi connectivity index (χ3n) is 1.16. The van der Waals surface area contributed by atoms with Gasteiger partial charge in [-0.05, 0) is 24.3 Å². The summed E-state index contributed by atoms with van der Waals surface area (Å²) < 4.78 is 0. The molecule has 0 aliphatic rings. The number of carbonyl (C=O) groups is 1. The molecule has 0 radical (unpaired) electrons. The molecule has 0 fully saturated rings. The molecule has 0 spiro atoms. The molecule has 0 aliphatic carbocycles. The number of aliphatic carboxylic acids is 1. The van der Waals surface area contributed by atoms with Crippen molar-refractivity contribution in [1.29, 1.82) is 0 Å². The Labute approximate surface area is 59.6 Å². The molecule has 0 aliphatic heterocycles. The van der Waals surface area contributed by atoms with Gasteiger partial charge in [-0.3, -0.25) is 0 Å². The average Bonchev–Trinajstić information content (AvgIpc) is 1.82. The van der Waals surface area contributed by atoms with Gasteiger partial charge in [0.05, 0.1) is 0 Å². The Kier molecular flexibility index (Phi) is 4.58. The molecule has 0 aromatic carbocycles. The summed E-state index contributed by atoms with van der Waals surface area (Å²) in [4.78, 5) is 10.1. The van der Waals surface area contributed by atoms with Crippen LogP contribution in [-0.2, 0) is 4.79 Å². The third kappa shape index (κ3) is 4.33. The molecule has 0 bridgehead atoms. The molecular weight excluding hydrogens is 136 g/mol. The van der Waals surface area contributed by atoms with Gasteiger partial charge >= 0.3 is 0 Å². The van der Waals surface area contributed by atoms with Crippen LogP contribution >= 0.6 is 11.8 Å². The Balaban J connectivity index is 3.27. The lowest BCUT2D eigenvalue weighted by Gasteiger charge is -2.09. The van der Waals surface area contributed by atoms with Crippen LogP contribution in [0, 0.1) is 5.92 Å². The summed E-state index contributed by atoms with van der Waals surface area (Å²) in [5, 5.41) is 10.1. The average molecular weight is 147 g/mol. The summed E-state index contributed by atoms with van der Waals surface area (Å²) in [7, 11) is 0. The molecule has 0 aromatic heterocycles. The zero-order valence-corrected chi connectivity index (χ0v) is 6.53. The highest BCUT2D eigenvalue weighted by atomic mass is 32.2. The van der Waals surface area contributed by atoms with Gasteiger partial charge in [0.1, 0.15) is 0 Å². The maximum Gasteiger partial charge on any atom is 0.0442 e. The van der Waals surface area contributed by atoms with Crippen molar-refractivity contribution in [2.75, 3.05) is 12.0 Å². The Morgan fingerprint density at radius 1 is 1.78 bits per heavy atom. The second kappa shape index (κ2) is 4.68.